The van der Waals surface area contributed by atoms with E-state index >= 15 is 0 Å². The molecule has 5 nitrogen and oxygen atoms in total. The number of likely N-dealkylation sites (N-methyl/N-ethyl adjacent to an activating group) is 1. The Kier molecular flexibility index (Phi) is 4.61. The fraction of sp³-hybridized carbons (Fsp3) is 0.500. The van der Waals surface area contributed by atoms with Crippen molar-refractivity contribution < 1.29 is 4.52 Å². The van der Waals surface area contributed by atoms with Crippen LogP contribution >= 0.6 is 23.5 Å². The van der Waals surface area contributed by atoms with E-state index in [0.717, 1.165) is 31.0 Å². The summed E-state index contributed by atoms with van der Waals surface area (Å²) in [7, 11) is 2.10. The molecule has 122 valence electrons. The molecule has 1 aromatic carbocycles. The van der Waals surface area contributed by atoms with Gasteiger partial charge in [-0.15, -0.1) is 23.5 Å². The highest BCUT2D eigenvalue weighted by atomic mass is 32.2. The molecule has 23 heavy (non-hydrogen) atoms. The van der Waals surface area contributed by atoms with Crippen molar-refractivity contribution in [3.05, 3.63) is 35.7 Å². The van der Waals surface area contributed by atoms with Crippen molar-refractivity contribution in [2.24, 2.45) is 0 Å². The summed E-state index contributed by atoms with van der Waals surface area (Å²) in [6.07, 6.45) is 0. The van der Waals surface area contributed by atoms with Gasteiger partial charge in [-0.2, -0.15) is 4.98 Å². The molecule has 2 fully saturated rings. The summed E-state index contributed by atoms with van der Waals surface area (Å²) in [5.74, 6) is 3.86. The number of nitrogens with zero attached hydrogens (tertiary/aromatic N) is 3. The summed E-state index contributed by atoms with van der Waals surface area (Å²) in [5.41, 5.74) is 2.36. The zero-order valence-corrected chi connectivity index (χ0v) is 14.7. The van der Waals surface area contributed by atoms with Gasteiger partial charge in [0.05, 0.1) is 10.6 Å². The lowest BCUT2D eigenvalue weighted by molar-refractivity contribution is 0.190. The third-order valence-electron chi connectivity index (χ3n) is 4.30. The van der Waals surface area contributed by atoms with E-state index < -0.39 is 0 Å². The number of aromatic nitrogens is 2. The Hall–Kier alpha value is -1.02. The number of hydrogen-bond acceptors (Lipinski definition) is 7. The monoisotopic (exact) mass is 348 g/mol. The molecule has 1 aromatic heterocycles. The van der Waals surface area contributed by atoms with Crippen molar-refractivity contribution in [2.75, 3.05) is 38.2 Å². The summed E-state index contributed by atoms with van der Waals surface area (Å²) in [4.78, 5) is 6.88. The van der Waals surface area contributed by atoms with Crippen molar-refractivity contribution in [3.63, 3.8) is 0 Å². The van der Waals surface area contributed by atoms with Crippen molar-refractivity contribution in [3.8, 4) is 11.5 Å². The van der Waals surface area contributed by atoms with Gasteiger partial charge < -0.3 is 9.84 Å². The van der Waals surface area contributed by atoms with Crippen LogP contribution in [0.2, 0.25) is 0 Å². The molecule has 2 aromatic rings. The van der Waals surface area contributed by atoms with Crippen LogP contribution < -0.4 is 5.32 Å². The van der Waals surface area contributed by atoms with Gasteiger partial charge in [-0.1, -0.05) is 17.3 Å². The van der Waals surface area contributed by atoms with Gasteiger partial charge in [-0.05, 0) is 24.7 Å². The van der Waals surface area contributed by atoms with E-state index in [2.05, 4.69) is 51.7 Å². The Morgan fingerprint density at radius 3 is 2.74 bits per heavy atom. The maximum Gasteiger partial charge on any atom is 0.257 e. The van der Waals surface area contributed by atoms with E-state index in [1.165, 1.54) is 17.1 Å². The van der Waals surface area contributed by atoms with Crippen molar-refractivity contribution in [1.29, 1.82) is 0 Å². The first kappa shape index (κ1) is 15.5. The van der Waals surface area contributed by atoms with E-state index in [9.17, 15) is 0 Å². The minimum Gasteiger partial charge on any atom is -0.334 e. The average Bonchev–Trinajstić information content (AvgIpc) is 3.27. The summed E-state index contributed by atoms with van der Waals surface area (Å²) in [6.45, 7) is 2.88. The highest BCUT2D eigenvalue weighted by Crippen LogP contribution is 2.45. The number of benzene rings is 1. The second-order valence-electron chi connectivity index (χ2n) is 5.85. The normalized spacial score (nSPS) is 23.4. The Labute approximate surface area is 144 Å². The molecular weight excluding hydrogens is 328 g/mol. The lowest BCUT2D eigenvalue weighted by Gasteiger charge is -2.30. The number of hydrogen-bond donors (Lipinski definition) is 1. The maximum atomic E-state index is 5.49. The Balaban J connectivity index is 1.52. The molecule has 1 unspecified atom stereocenters. The van der Waals surface area contributed by atoms with Crippen molar-refractivity contribution in [1.82, 2.24) is 20.4 Å². The van der Waals surface area contributed by atoms with Gasteiger partial charge in [0.2, 0.25) is 0 Å². The van der Waals surface area contributed by atoms with Gasteiger partial charge in [-0.3, -0.25) is 4.90 Å². The van der Waals surface area contributed by atoms with E-state index in [1.54, 1.807) is 0 Å². The average molecular weight is 348 g/mol. The maximum absolute atomic E-state index is 5.49. The van der Waals surface area contributed by atoms with Crippen LogP contribution in [-0.4, -0.2) is 53.2 Å². The molecule has 4 rings (SSSR count). The molecule has 0 saturated carbocycles. The van der Waals surface area contributed by atoms with Crippen LogP contribution in [0.3, 0.4) is 0 Å². The minimum atomic E-state index is 0.187. The van der Waals surface area contributed by atoms with Crippen LogP contribution in [0.15, 0.2) is 28.8 Å². The van der Waals surface area contributed by atoms with Crippen molar-refractivity contribution in [2.45, 2.75) is 10.6 Å². The Morgan fingerprint density at radius 1 is 1.22 bits per heavy atom. The van der Waals surface area contributed by atoms with E-state index in [-0.39, 0.29) is 6.04 Å². The van der Waals surface area contributed by atoms with E-state index in [0.29, 0.717) is 10.5 Å². The SMILES string of the molecule is CN1CCNCC1c1noc(-c2ccc(C3SCCS3)cc2)n1. The number of rotatable bonds is 3. The lowest BCUT2D eigenvalue weighted by atomic mass is 10.1. The minimum absolute atomic E-state index is 0.187. The molecule has 7 heteroatoms. The molecule has 0 amide bonds. The van der Waals surface area contributed by atoms with Crippen molar-refractivity contribution >= 4 is 23.5 Å². The molecular formula is C16H20N4OS2. The molecule has 2 aliphatic heterocycles. The molecule has 3 heterocycles. The van der Waals surface area contributed by atoms with Crippen LogP contribution in [0.5, 0.6) is 0 Å². The van der Waals surface area contributed by atoms with Gasteiger partial charge in [-0.25, -0.2) is 0 Å². The molecule has 0 radical (unpaired) electrons. The van der Waals surface area contributed by atoms with E-state index in [1.807, 2.05) is 23.5 Å². The van der Waals surface area contributed by atoms with Gasteiger partial charge in [0.1, 0.15) is 0 Å². The highest BCUT2D eigenvalue weighted by Gasteiger charge is 2.25. The predicted octanol–water partition coefficient (Wildman–Crippen LogP) is 2.79. The quantitative estimate of drug-likeness (QED) is 0.915. The molecule has 2 aliphatic rings. The first-order valence-electron chi connectivity index (χ1n) is 7.89. The second kappa shape index (κ2) is 6.84. The molecule has 1 atom stereocenters. The molecule has 0 bridgehead atoms. The van der Waals surface area contributed by atoms with E-state index in [4.69, 9.17) is 4.52 Å². The predicted molar refractivity (Wildman–Crippen MR) is 95.6 cm³/mol. The summed E-state index contributed by atoms with van der Waals surface area (Å²) in [6, 6.07) is 8.74. The fourth-order valence-corrected chi connectivity index (χ4v) is 5.77. The van der Waals surface area contributed by atoms with Gasteiger partial charge in [0.15, 0.2) is 5.82 Å². The third kappa shape index (κ3) is 3.28. The Morgan fingerprint density at radius 2 is 2.00 bits per heavy atom. The lowest BCUT2D eigenvalue weighted by Crippen LogP contribution is -2.44. The van der Waals surface area contributed by atoms with Gasteiger partial charge in [0, 0.05) is 36.7 Å². The van der Waals surface area contributed by atoms with Crippen LogP contribution in [0.25, 0.3) is 11.5 Å². The summed E-state index contributed by atoms with van der Waals surface area (Å²) in [5, 5.41) is 7.57. The summed E-state index contributed by atoms with van der Waals surface area (Å²) >= 11 is 4.04. The number of piperazine rings is 1. The summed E-state index contributed by atoms with van der Waals surface area (Å²) < 4.78 is 6.07. The largest absolute Gasteiger partial charge is 0.334 e. The Bertz CT molecular complexity index is 654. The first-order valence-corrected chi connectivity index (χ1v) is 9.99. The van der Waals surface area contributed by atoms with Crippen LogP contribution in [0, 0.1) is 0 Å². The number of nitrogens with one attached hydrogen (secondary N) is 1. The molecule has 2 saturated heterocycles. The zero-order chi connectivity index (χ0) is 15.6. The first-order chi connectivity index (χ1) is 11.3. The zero-order valence-electron chi connectivity index (χ0n) is 13.1. The molecule has 1 N–H and O–H groups in total. The molecule has 0 spiro atoms. The topological polar surface area (TPSA) is 54.2 Å². The fourth-order valence-electron chi connectivity index (χ4n) is 2.92. The number of thioether (sulfide) groups is 2. The van der Waals surface area contributed by atoms with Crippen LogP contribution in [-0.2, 0) is 0 Å². The third-order valence-corrected chi connectivity index (χ3v) is 7.41. The van der Waals surface area contributed by atoms with Crippen LogP contribution in [0.1, 0.15) is 22.0 Å². The highest BCUT2D eigenvalue weighted by molar-refractivity contribution is 8.19. The smallest absolute Gasteiger partial charge is 0.257 e. The van der Waals surface area contributed by atoms with Gasteiger partial charge >= 0.3 is 0 Å². The standard InChI is InChI=1S/C16H20N4OS2/c1-20-7-6-17-10-13(20)14-18-15(21-19-14)11-2-4-12(5-3-11)16-22-8-9-23-16/h2-5,13,16-17H,6-10H2,1H3. The second-order valence-corrected chi connectivity index (χ2v) is 8.58. The van der Waals surface area contributed by atoms with Crippen LogP contribution in [0.4, 0.5) is 0 Å². The molecule has 0 aliphatic carbocycles. The van der Waals surface area contributed by atoms with Gasteiger partial charge in [0.25, 0.3) is 5.89 Å².